The molecule has 6 heteroatoms. The van der Waals surface area contributed by atoms with Crippen molar-refractivity contribution in [3.63, 3.8) is 0 Å². The van der Waals surface area contributed by atoms with Gasteiger partial charge in [-0.3, -0.25) is 9.69 Å². The minimum absolute atomic E-state index is 0. The highest BCUT2D eigenvalue weighted by atomic mass is 35.5. The number of amides is 1. The van der Waals surface area contributed by atoms with Crippen molar-refractivity contribution in [3.05, 3.63) is 96.7 Å². The molecule has 0 spiro atoms. The average molecular weight is 448 g/mol. The molecule has 2 unspecified atom stereocenters. The Labute approximate surface area is 194 Å². The molecule has 2 N–H and O–H groups in total. The second-order valence-corrected chi connectivity index (χ2v) is 8.00. The molecule has 0 aliphatic carbocycles. The summed E-state index contributed by atoms with van der Waals surface area (Å²) in [5.74, 6) is 1.52. The number of quaternary nitrogens is 1. The lowest BCUT2D eigenvalue weighted by atomic mass is 10.1. The van der Waals surface area contributed by atoms with Gasteiger partial charge in [0.15, 0.2) is 11.9 Å². The number of halogens is 1. The highest BCUT2D eigenvalue weighted by Gasteiger charge is 2.42. The van der Waals surface area contributed by atoms with Gasteiger partial charge in [-0.2, -0.15) is 0 Å². The number of anilines is 1. The number of para-hydroxylation sites is 1. The molecule has 5 rings (SSSR count). The molecule has 2 heterocycles. The number of nitrogens with one attached hydrogen (secondary N) is 2. The van der Waals surface area contributed by atoms with Gasteiger partial charge in [-0.1, -0.05) is 36.4 Å². The lowest BCUT2D eigenvalue weighted by Crippen LogP contribution is -3.10. The van der Waals surface area contributed by atoms with Gasteiger partial charge in [0.05, 0.1) is 12.7 Å². The van der Waals surface area contributed by atoms with Crippen molar-refractivity contribution in [2.24, 2.45) is 0 Å². The van der Waals surface area contributed by atoms with E-state index in [0.29, 0.717) is 12.7 Å². The molecule has 0 aromatic heterocycles. The minimum Gasteiger partial charge on any atom is -1.00 e. The van der Waals surface area contributed by atoms with Crippen LogP contribution in [0.5, 0.6) is 11.5 Å². The molecule has 0 radical (unpaired) electrons. The van der Waals surface area contributed by atoms with Crippen molar-refractivity contribution in [2.75, 3.05) is 18.4 Å². The number of benzene rings is 3. The SMILES string of the molecule is O=C(CN1C=C(c2ccccc2)[NH+]2CCCC12)Nc1ccc(Oc2ccccc2)cc1.[Cl-]. The molecule has 2 aliphatic rings. The van der Waals surface area contributed by atoms with Gasteiger partial charge in [-0.15, -0.1) is 0 Å². The number of carbonyl (C=O) groups excluding carboxylic acids is 1. The third-order valence-electron chi connectivity index (χ3n) is 5.90. The van der Waals surface area contributed by atoms with Gasteiger partial charge in [-0.05, 0) is 48.5 Å². The zero-order chi connectivity index (χ0) is 21.0. The fourth-order valence-corrected chi connectivity index (χ4v) is 4.48. The Kier molecular flexibility index (Phi) is 6.78. The maximum atomic E-state index is 12.8. The summed E-state index contributed by atoms with van der Waals surface area (Å²) >= 11 is 0. The summed E-state index contributed by atoms with van der Waals surface area (Å²) in [7, 11) is 0. The number of carbonyl (C=O) groups is 1. The molecule has 3 aromatic carbocycles. The first-order valence-electron chi connectivity index (χ1n) is 10.8. The molecular formula is C26H26ClN3O2. The van der Waals surface area contributed by atoms with Crippen LogP contribution in [-0.2, 0) is 4.79 Å². The molecule has 2 aliphatic heterocycles. The third kappa shape index (κ3) is 4.79. The molecule has 3 aromatic rings. The highest BCUT2D eigenvalue weighted by molar-refractivity contribution is 5.92. The molecule has 1 amide bonds. The smallest absolute Gasteiger partial charge is 0.244 e. The Hall–Kier alpha value is -3.28. The molecule has 1 saturated heterocycles. The molecule has 32 heavy (non-hydrogen) atoms. The summed E-state index contributed by atoms with van der Waals surface area (Å²) in [4.78, 5) is 16.4. The van der Waals surface area contributed by atoms with Crippen LogP contribution in [-0.4, -0.2) is 30.1 Å². The predicted molar refractivity (Wildman–Crippen MR) is 122 cm³/mol. The summed E-state index contributed by atoms with van der Waals surface area (Å²) in [5.41, 5.74) is 3.30. The van der Waals surface area contributed by atoms with Crippen molar-refractivity contribution < 1.29 is 26.8 Å². The van der Waals surface area contributed by atoms with Crippen LogP contribution in [0.1, 0.15) is 18.4 Å². The lowest BCUT2D eigenvalue weighted by molar-refractivity contribution is -0.843. The quantitative estimate of drug-likeness (QED) is 0.586. The summed E-state index contributed by atoms with van der Waals surface area (Å²) < 4.78 is 5.82. The Balaban J connectivity index is 0.00000245. The summed E-state index contributed by atoms with van der Waals surface area (Å²) in [5, 5.41) is 3.02. The minimum atomic E-state index is -0.00598. The van der Waals surface area contributed by atoms with Gasteiger partial charge in [-0.25, -0.2) is 0 Å². The number of nitrogens with zero attached hydrogens (tertiary/aromatic N) is 1. The van der Waals surface area contributed by atoms with Gasteiger partial charge in [0, 0.05) is 24.1 Å². The topological polar surface area (TPSA) is 46.0 Å². The largest absolute Gasteiger partial charge is 1.00 e. The number of rotatable bonds is 6. The first kappa shape index (κ1) is 21.9. The summed E-state index contributed by atoms with van der Waals surface area (Å²) in [6, 6.07) is 27.6. The normalized spacial score (nSPS) is 19.0. The zero-order valence-corrected chi connectivity index (χ0v) is 18.5. The van der Waals surface area contributed by atoms with E-state index in [1.807, 2.05) is 60.7 Å². The van der Waals surface area contributed by atoms with Crippen molar-refractivity contribution in [2.45, 2.75) is 19.0 Å². The van der Waals surface area contributed by atoms with E-state index in [9.17, 15) is 4.79 Å². The standard InChI is InChI=1S/C26H25N3O2.ClH/c30-25(27-21-13-15-23(16-14-21)31-22-10-5-2-6-11-22)19-28-18-24(20-8-3-1-4-9-20)29-17-7-12-26(28)29;/h1-6,8-11,13-16,18,26H,7,12,17,19H2,(H,27,30);1H. The maximum absolute atomic E-state index is 12.8. The first-order chi connectivity index (χ1) is 15.3. The van der Waals surface area contributed by atoms with Crippen molar-refractivity contribution in [3.8, 4) is 11.5 Å². The number of hydrogen-bond donors (Lipinski definition) is 2. The second-order valence-electron chi connectivity index (χ2n) is 8.00. The van der Waals surface area contributed by atoms with Crippen LogP contribution >= 0.6 is 0 Å². The van der Waals surface area contributed by atoms with Gasteiger partial charge < -0.3 is 27.4 Å². The molecule has 0 bridgehead atoms. The Morgan fingerprint density at radius 1 is 0.938 bits per heavy atom. The van der Waals surface area contributed by atoms with E-state index in [2.05, 4.69) is 40.7 Å². The molecular weight excluding hydrogens is 422 g/mol. The zero-order valence-electron chi connectivity index (χ0n) is 17.7. The van der Waals surface area contributed by atoms with Crippen LogP contribution in [0.2, 0.25) is 0 Å². The van der Waals surface area contributed by atoms with Crippen LogP contribution in [0.4, 0.5) is 5.69 Å². The van der Waals surface area contributed by atoms with Gasteiger partial charge >= 0.3 is 0 Å². The Morgan fingerprint density at radius 2 is 1.59 bits per heavy atom. The van der Waals surface area contributed by atoms with E-state index < -0.39 is 0 Å². The van der Waals surface area contributed by atoms with Gasteiger partial charge in [0.2, 0.25) is 5.91 Å². The Morgan fingerprint density at radius 3 is 2.31 bits per heavy atom. The lowest BCUT2D eigenvalue weighted by Gasteiger charge is -2.23. The van der Waals surface area contributed by atoms with Gasteiger partial charge in [0.1, 0.15) is 18.0 Å². The fourth-order valence-electron chi connectivity index (χ4n) is 4.48. The van der Waals surface area contributed by atoms with Crippen LogP contribution in [0.15, 0.2) is 91.1 Å². The van der Waals surface area contributed by atoms with Crippen molar-refractivity contribution in [1.29, 1.82) is 0 Å². The van der Waals surface area contributed by atoms with E-state index in [-0.39, 0.29) is 18.3 Å². The van der Waals surface area contributed by atoms with Crippen LogP contribution < -0.4 is 27.4 Å². The molecule has 5 nitrogen and oxygen atoms in total. The van der Waals surface area contributed by atoms with E-state index in [1.165, 1.54) is 22.6 Å². The molecule has 164 valence electrons. The summed E-state index contributed by atoms with van der Waals surface area (Å²) in [6.45, 7) is 1.47. The van der Waals surface area contributed by atoms with Crippen LogP contribution in [0.25, 0.3) is 5.70 Å². The van der Waals surface area contributed by atoms with Crippen LogP contribution in [0.3, 0.4) is 0 Å². The highest BCUT2D eigenvalue weighted by Crippen LogP contribution is 2.24. The molecule has 2 atom stereocenters. The van der Waals surface area contributed by atoms with E-state index in [4.69, 9.17) is 4.74 Å². The second kappa shape index (κ2) is 9.90. The van der Waals surface area contributed by atoms with Gasteiger partial charge in [0.25, 0.3) is 0 Å². The van der Waals surface area contributed by atoms with Crippen molar-refractivity contribution in [1.82, 2.24) is 4.90 Å². The van der Waals surface area contributed by atoms with E-state index in [1.54, 1.807) is 0 Å². The first-order valence-corrected chi connectivity index (χ1v) is 10.8. The number of ether oxygens (including phenoxy) is 1. The number of hydrogen-bond acceptors (Lipinski definition) is 3. The monoisotopic (exact) mass is 447 g/mol. The van der Waals surface area contributed by atoms with E-state index >= 15 is 0 Å². The predicted octanol–water partition coefficient (Wildman–Crippen LogP) is 0.740. The number of fused-ring (bicyclic) bond motifs is 1. The maximum Gasteiger partial charge on any atom is 0.244 e. The Bertz CT molecular complexity index is 1070. The third-order valence-corrected chi connectivity index (χ3v) is 5.90. The fraction of sp³-hybridized carbons (Fsp3) is 0.192. The van der Waals surface area contributed by atoms with Crippen LogP contribution in [0, 0.1) is 0 Å². The van der Waals surface area contributed by atoms with E-state index in [0.717, 1.165) is 30.2 Å². The van der Waals surface area contributed by atoms with Crippen molar-refractivity contribution >= 4 is 17.3 Å². The summed E-state index contributed by atoms with van der Waals surface area (Å²) in [6.07, 6.45) is 4.82. The molecule has 0 saturated carbocycles. The average Bonchev–Trinajstić information content (AvgIpc) is 3.40. The molecule has 1 fully saturated rings.